The summed E-state index contributed by atoms with van der Waals surface area (Å²) in [6, 6.07) is 37.1. The molecule has 0 saturated carbocycles. The fourth-order valence-electron chi connectivity index (χ4n) is 5.79. The van der Waals surface area contributed by atoms with E-state index in [1.165, 1.54) is 11.1 Å². The Hall–Kier alpha value is -3.29. The van der Waals surface area contributed by atoms with Crippen molar-refractivity contribution in [1.29, 1.82) is 0 Å². The van der Waals surface area contributed by atoms with Crippen molar-refractivity contribution in [3.05, 3.63) is 131 Å². The Labute approximate surface area is 313 Å². The lowest BCUT2D eigenvalue weighted by atomic mass is 9.78. The van der Waals surface area contributed by atoms with Crippen LogP contribution in [0.25, 0.3) is 0 Å². The molecule has 4 aromatic rings. The summed E-state index contributed by atoms with van der Waals surface area (Å²) in [6.07, 6.45) is 1.58. The van der Waals surface area contributed by atoms with E-state index >= 15 is 0 Å². The molecule has 0 fully saturated rings. The zero-order valence-electron chi connectivity index (χ0n) is 32.7. The van der Waals surface area contributed by atoms with Gasteiger partial charge in [0, 0.05) is 17.4 Å². The zero-order chi connectivity index (χ0) is 37.6. The van der Waals surface area contributed by atoms with Crippen molar-refractivity contribution in [2.45, 2.75) is 97.4 Å². The monoisotopic (exact) mass is 731 g/mol. The first-order valence-electron chi connectivity index (χ1n) is 18.5. The second-order valence-corrected chi connectivity index (χ2v) is 16.3. The van der Waals surface area contributed by atoms with Gasteiger partial charge in [-0.05, 0) is 73.7 Å². The van der Waals surface area contributed by atoms with Gasteiger partial charge in [-0.15, -0.1) is 9.05 Å². The lowest BCUT2D eigenvalue weighted by Gasteiger charge is -2.27. The highest BCUT2D eigenvalue weighted by molar-refractivity contribution is 7.57. The lowest BCUT2D eigenvalue weighted by molar-refractivity contribution is -0.0704. The number of hydrogen-bond donors (Lipinski definition) is 0. The molecule has 0 spiro atoms. The molecule has 3 unspecified atom stereocenters. The third-order valence-electron chi connectivity index (χ3n) is 9.34. The third-order valence-corrected chi connectivity index (χ3v) is 11.3. The van der Waals surface area contributed by atoms with Crippen molar-refractivity contribution in [2.24, 2.45) is 0 Å². The molecule has 0 N–H and O–H groups in total. The summed E-state index contributed by atoms with van der Waals surface area (Å²) in [6.45, 7) is 19.0. The molecule has 52 heavy (non-hydrogen) atoms. The lowest BCUT2D eigenvalue weighted by Crippen LogP contribution is -2.28. The zero-order valence-corrected chi connectivity index (χ0v) is 33.6. The maximum absolute atomic E-state index is 6.56. The molecule has 0 bridgehead atoms. The molecule has 8 heteroatoms. The van der Waals surface area contributed by atoms with Gasteiger partial charge in [0.05, 0.1) is 39.1 Å². The maximum Gasteiger partial charge on any atom is 0.669 e. The Morgan fingerprint density at radius 3 is 1.37 bits per heavy atom. The van der Waals surface area contributed by atoms with E-state index in [-0.39, 0.29) is 29.6 Å². The highest BCUT2D eigenvalue weighted by atomic mass is 31.2. The predicted molar refractivity (Wildman–Crippen MR) is 212 cm³/mol. The quantitative estimate of drug-likeness (QED) is 0.0589. The van der Waals surface area contributed by atoms with Gasteiger partial charge in [-0.25, -0.2) is 0 Å². The fraction of sp³-hybridized carbons (Fsp3) is 0.455. The summed E-state index contributed by atoms with van der Waals surface area (Å²) in [4.78, 5) is 0. The SMILES string of the molecule is CCCCOCC(C)OCC(C)OCC(C)O[P+](OC)(Oc1ccc(C(C)(C)c2ccccc2)cc1)Oc1ccc(C(C)(C)c2ccccc2)cc1. The summed E-state index contributed by atoms with van der Waals surface area (Å²) in [7, 11) is -1.88. The predicted octanol–water partition coefficient (Wildman–Crippen LogP) is 11.2. The molecule has 282 valence electrons. The van der Waals surface area contributed by atoms with Crippen LogP contribution in [0, 0.1) is 0 Å². The van der Waals surface area contributed by atoms with Crippen molar-refractivity contribution in [1.82, 2.24) is 0 Å². The van der Waals surface area contributed by atoms with E-state index in [1.807, 2.05) is 57.2 Å². The van der Waals surface area contributed by atoms with Gasteiger partial charge >= 0.3 is 8.17 Å². The minimum absolute atomic E-state index is 0.0141. The van der Waals surface area contributed by atoms with Crippen molar-refractivity contribution in [2.75, 3.05) is 33.5 Å². The average molecular weight is 732 g/mol. The van der Waals surface area contributed by atoms with Crippen LogP contribution in [0.1, 0.15) is 90.5 Å². The van der Waals surface area contributed by atoms with Gasteiger partial charge in [-0.2, -0.15) is 0 Å². The van der Waals surface area contributed by atoms with Gasteiger partial charge in [0.1, 0.15) is 6.10 Å². The molecule has 0 aliphatic rings. The number of rotatable bonds is 22. The summed E-state index contributed by atoms with van der Waals surface area (Å²) >= 11 is 0. The average Bonchev–Trinajstić information content (AvgIpc) is 3.16. The highest BCUT2D eigenvalue weighted by Gasteiger charge is 2.53. The summed E-state index contributed by atoms with van der Waals surface area (Å²) in [5.74, 6) is 1.16. The minimum atomic E-state index is -3.44. The molecule has 0 heterocycles. The molecule has 7 nitrogen and oxygen atoms in total. The van der Waals surface area contributed by atoms with Gasteiger partial charge in [0.2, 0.25) is 0 Å². The van der Waals surface area contributed by atoms with Crippen molar-refractivity contribution in [3.63, 3.8) is 0 Å². The molecule has 0 amide bonds. The van der Waals surface area contributed by atoms with Crippen LogP contribution in [-0.2, 0) is 34.1 Å². The number of hydrogen-bond acceptors (Lipinski definition) is 7. The Kier molecular flexibility index (Phi) is 15.7. The van der Waals surface area contributed by atoms with Gasteiger partial charge in [0.15, 0.2) is 11.5 Å². The molecule has 4 rings (SSSR count). The minimum Gasteiger partial charge on any atom is -0.379 e. The van der Waals surface area contributed by atoms with E-state index in [4.69, 9.17) is 32.3 Å². The second-order valence-electron chi connectivity index (χ2n) is 14.5. The van der Waals surface area contributed by atoms with E-state index < -0.39 is 14.3 Å². The van der Waals surface area contributed by atoms with Crippen LogP contribution in [-0.4, -0.2) is 51.8 Å². The van der Waals surface area contributed by atoms with E-state index in [0.29, 0.717) is 24.7 Å². The second kappa shape index (κ2) is 19.7. The largest absolute Gasteiger partial charge is 0.669 e. The van der Waals surface area contributed by atoms with E-state index in [0.717, 1.165) is 30.6 Å². The summed E-state index contributed by atoms with van der Waals surface area (Å²) < 4.78 is 43.5. The molecular formula is C44H60O7P+. The standard InChI is InChI=1S/C44H60O7P/c1-10-11-30-46-31-34(2)47-32-35(3)48-33-36(4)49-52(45-9,50-41-26-22-39(23-27-41)43(5,6)37-18-14-12-15-19-37)51-42-28-24-40(25-29-42)44(7,8)38-20-16-13-17-21-38/h12-29,34-36H,10-11,30-33H2,1-9H3/q+1. The van der Waals surface area contributed by atoms with Gasteiger partial charge < -0.3 is 14.2 Å². The summed E-state index contributed by atoms with van der Waals surface area (Å²) in [5.41, 5.74) is 4.40. The Balaban J connectivity index is 1.49. The third kappa shape index (κ3) is 11.9. The maximum atomic E-state index is 6.56. The first-order valence-corrected chi connectivity index (χ1v) is 20.0. The number of ether oxygens (including phenoxy) is 3. The normalized spacial score (nSPS) is 14.1. The van der Waals surface area contributed by atoms with Crippen LogP contribution in [0.2, 0.25) is 0 Å². The van der Waals surface area contributed by atoms with Gasteiger partial charge in [-0.1, -0.05) is 126 Å². The molecule has 0 aliphatic heterocycles. The molecule has 3 atom stereocenters. The first-order chi connectivity index (χ1) is 24.9. The van der Waals surface area contributed by atoms with Crippen LogP contribution in [0.15, 0.2) is 109 Å². The fourth-order valence-corrected chi connectivity index (χ4v) is 7.41. The highest BCUT2D eigenvalue weighted by Crippen LogP contribution is 2.62. The molecule has 4 aromatic carbocycles. The molecule has 0 saturated heterocycles. The van der Waals surface area contributed by atoms with Crippen molar-refractivity contribution < 1.29 is 32.3 Å². The van der Waals surface area contributed by atoms with Gasteiger partial charge in [0.25, 0.3) is 0 Å². The molecule has 0 aromatic heterocycles. The Morgan fingerprint density at radius 2 is 0.942 bits per heavy atom. The van der Waals surface area contributed by atoms with Gasteiger partial charge in [-0.3, -0.25) is 9.05 Å². The molecule has 0 radical (unpaired) electrons. The topological polar surface area (TPSA) is 64.6 Å². The van der Waals surface area contributed by atoms with Crippen LogP contribution in [0.4, 0.5) is 0 Å². The molecular weight excluding hydrogens is 671 g/mol. The van der Waals surface area contributed by atoms with Crippen molar-refractivity contribution >= 4 is 8.17 Å². The first kappa shape index (κ1) is 41.5. The van der Waals surface area contributed by atoms with Crippen molar-refractivity contribution in [3.8, 4) is 11.5 Å². The van der Waals surface area contributed by atoms with E-state index in [2.05, 4.69) is 107 Å². The Morgan fingerprint density at radius 1 is 0.538 bits per heavy atom. The number of unbranched alkanes of at least 4 members (excludes halogenated alkanes) is 1. The van der Waals surface area contributed by atoms with Crippen LogP contribution >= 0.6 is 8.17 Å². The van der Waals surface area contributed by atoms with Crippen LogP contribution in [0.5, 0.6) is 11.5 Å². The number of benzene rings is 4. The smallest absolute Gasteiger partial charge is 0.379 e. The Bertz CT molecular complexity index is 1480. The van der Waals surface area contributed by atoms with E-state index in [9.17, 15) is 0 Å². The van der Waals surface area contributed by atoms with E-state index in [1.54, 1.807) is 7.11 Å². The molecule has 0 aliphatic carbocycles. The summed E-state index contributed by atoms with van der Waals surface area (Å²) in [5, 5.41) is 0. The van der Waals surface area contributed by atoms with Crippen LogP contribution in [0.3, 0.4) is 0 Å². The van der Waals surface area contributed by atoms with Crippen LogP contribution < -0.4 is 9.05 Å².